The number of halogens is 2. The summed E-state index contributed by atoms with van der Waals surface area (Å²) >= 11 is 6.02. The van der Waals surface area contributed by atoms with Crippen molar-refractivity contribution in [2.45, 2.75) is 10.9 Å². The van der Waals surface area contributed by atoms with Gasteiger partial charge >= 0.3 is 0 Å². The molecule has 1 N–H and O–H groups in total. The fourth-order valence-corrected chi connectivity index (χ4v) is 5.27. The molecule has 1 fully saturated rings. The van der Waals surface area contributed by atoms with E-state index in [1.54, 1.807) is 47.4 Å². The van der Waals surface area contributed by atoms with E-state index in [0.717, 1.165) is 12.3 Å². The number of carbonyl (C=O) groups is 2. The predicted octanol–water partition coefficient (Wildman–Crippen LogP) is 3.70. The van der Waals surface area contributed by atoms with Crippen molar-refractivity contribution in [3.05, 3.63) is 94.8 Å². The molecule has 1 aliphatic heterocycles. The van der Waals surface area contributed by atoms with Gasteiger partial charge in [-0.15, -0.1) is 0 Å². The van der Waals surface area contributed by atoms with Crippen LogP contribution in [-0.2, 0) is 14.6 Å². The minimum Gasteiger partial charge on any atom is -0.367 e. The summed E-state index contributed by atoms with van der Waals surface area (Å²) in [6, 6.07) is 18.2. The van der Waals surface area contributed by atoms with Gasteiger partial charge in [0, 0.05) is 43.0 Å². The van der Waals surface area contributed by atoms with Crippen LogP contribution in [0.5, 0.6) is 0 Å². The first-order valence-electron chi connectivity index (χ1n) is 11.3. The van der Waals surface area contributed by atoms with Crippen LogP contribution >= 0.6 is 11.6 Å². The topological polar surface area (TPSA) is 86.8 Å². The third-order valence-corrected chi connectivity index (χ3v) is 7.36. The minimum atomic E-state index is -3.65. The number of sulfone groups is 1. The number of carbonyl (C=O) groups excluding carboxylic acids is 2. The van der Waals surface area contributed by atoms with E-state index in [1.165, 1.54) is 18.2 Å². The third-order valence-electron chi connectivity index (χ3n) is 6.00. The first-order chi connectivity index (χ1) is 17.1. The zero-order valence-electron chi connectivity index (χ0n) is 19.5. The summed E-state index contributed by atoms with van der Waals surface area (Å²) in [5.41, 5.74) is 1.38. The summed E-state index contributed by atoms with van der Waals surface area (Å²) in [4.78, 5) is 29.9. The Balaban J connectivity index is 1.52. The average Bonchev–Trinajstić information content (AvgIpc) is 2.87. The molecule has 7 nitrogen and oxygen atoms in total. The Bertz CT molecular complexity index is 1380. The molecule has 188 valence electrons. The van der Waals surface area contributed by atoms with Gasteiger partial charge in [-0.05, 0) is 42.0 Å². The molecule has 0 spiro atoms. The Morgan fingerprint density at radius 3 is 2.28 bits per heavy atom. The van der Waals surface area contributed by atoms with E-state index >= 15 is 0 Å². The number of benzene rings is 3. The molecule has 36 heavy (non-hydrogen) atoms. The van der Waals surface area contributed by atoms with Gasteiger partial charge in [0.25, 0.3) is 5.91 Å². The van der Waals surface area contributed by atoms with Crippen molar-refractivity contribution >= 4 is 38.9 Å². The second kappa shape index (κ2) is 10.7. The van der Waals surface area contributed by atoms with E-state index < -0.39 is 27.6 Å². The first kappa shape index (κ1) is 25.7. The SMILES string of the molecule is CS(=O)(=O)c1cc(F)ccc1N1CCN(C(=O)[C@H](NC(=O)c2cccc(Cl)c2)c2ccccc2)CC1. The van der Waals surface area contributed by atoms with E-state index in [9.17, 15) is 22.4 Å². The Hall–Kier alpha value is -3.43. The molecule has 4 rings (SSSR count). The predicted molar refractivity (Wildman–Crippen MR) is 136 cm³/mol. The highest BCUT2D eigenvalue weighted by molar-refractivity contribution is 7.90. The number of rotatable bonds is 6. The normalized spacial score (nSPS) is 14.9. The lowest BCUT2D eigenvalue weighted by Crippen LogP contribution is -2.52. The highest BCUT2D eigenvalue weighted by Crippen LogP contribution is 2.28. The molecule has 1 atom stereocenters. The van der Waals surface area contributed by atoms with Crippen LogP contribution in [-0.4, -0.2) is 57.6 Å². The number of anilines is 1. The molecule has 0 aliphatic carbocycles. The monoisotopic (exact) mass is 529 g/mol. The number of hydrogen-bond donors (Lipinski definition) is 1. The standard InChI is InChI=1S/C26H25ClFN3O4S/c1-36(34,35)23-17-21(28)10-11-22(23)30-12-14-31(15-13-30)26(33)24(18-6-3-2-4-7-18)29-25(32)19-8-5-9-20(27)16-19/h2-11,16-17,24H,12-15H2,1H3,(H,29,32)/t24-/m1/s1. The van der Waals surface area contributed by atoms with E-state index in [2.05, 4.69) is 5.32 Å². The number of hydrogen-bond acceptors (Lipinski definition) is 5. The summed E-state index contributed by atoms with van der Waals surface area (Å²) in [6.07, 6.45) is 1.04. The van der Waals surface area contributed by atoms with Crippen LogP contribution in [0.4, 0.5) is 10.1 Å². The van der Waals surface area contributed by atoms with Gasteiger partial charge < -0.3 is 15.1 Å². The van der Waals surface area contributed by atoms with E-state index in [0.29, 0.717) is 48.0 Å². The van der Waals surface area contributed by atoms with Crippen LogP contribution in [0.15, 0.2) is 77.7 Å². The molecule has 0 saturated carbocycles. The summed E-state index contributed by atoms with van der Waals surface area (Å²) in [5, 5.41) is 3.24. The van der Waals surface area contributed by atoms with Gasteiger partial charge in [0.1, 0.15) is 11.9 Å². The van der Waals surface area contributed by atoms with Crippen LogP contribution in [0.3, 0.4) is 0 Å². The lowest BCUT2D eigenvalue weighted by atomic mass is 10.0. The van der Waals surface area contributed by atoms with Crippen molar-refractivity contribution in [1.82, 2.24) is 10.2 Å². The minimum absolute atomic E-state index is 0.0850. The number of piperazine rings is 1. The van der Waals surface area contributed by atoms with Crippen molar-refractivity contribution in [1.29, 1.82) is 0 Å². The van der Waals surface area contributed by atoms with Crippen LogP contribution < -0.4 is 10.2 Å². The van der Waals surface area contributed by atoms with Gasteiger partial charge in [-0.1, -0.05) is 48.0 Å². The molecule has 0 radical (unpaired) electrons. The zero-order chi connectivity index (χ0) is 25.9. The van der Waals surface area contributed by atoms with Crippen LogP contribution in [0.25, 0.3) is 0 Å². The van der Waals surface area contributed by atoms with Gasteiger partial charge in [-0.3, -0.25) is 9.59 Å². The highest BCUT2D eigenvalue weighted by Gasteiger charge is 2.31. The second-order valence-electron chi connectivity index (χ2n) is 8.52. The molecule has 1 heterocycles. The van der Waals surface area contributed by atoms with Crippen LogP contribution in [0, 0.1) is 5.82 Å². The molecule has 3 aromatic rings. The lowest BCUT2D eigenvalue weighted by Gasteiger charge is -2.38. The molecule has 0 aromatic heterocycles. The summed E-state index contributed by atoms with van der Waals surface area (Å²) in [7, 11) is -3.65. The van der Waals surface area contributed by atoms with Gasteiger partial charge in [0.05, 0.1) is 10.6 Å². The molecule has 3 aromatic carbocycles. The molecule has 1 aliphatic rings. The fraction of sp³-hybridized carbons (Fsp3) is 0.231. The number of nitrogens with one attached hydrogen (secondary N) is 1. The van der Waals surface area contributed by atoms with Gasteiger partial charge in [-0.25, -0.2) is 12.8 Å². The Morgan fingerprint density at radius 2 is 1.64 bits per heavy atom. The largest absolute Gasteiger partial charge is 0.367 e. The van der Waals surface area contributed by atoms with Crippen LogP contribution in [0.2, 0.25) is 5.02 Å². The number of amides is 2. The summed E-state index contributed by atoms with van der Waals surface area (Å²) < 4.78 is 38.1. The summed E-state index contributed by atoms with van der Waals surface area (Å²) in [5.74, 6) is -1.34. The maximum Gasteiger partial charge on any atom is 0.252 e. The fourth-order valence-electron chi connectivity index (χ4n) is 4.17. The number of nitrogens with zero attached hydrogens (tertiary/aromatic N) is 2. The molecular formula is C26H25ClFN3O4S. The molecule has 0 unspecified atom stereocenters. The maximum atomic E-state index is 13.7. The average molecular weight is 530 g/mol. The Labute approximate surface area is 214 Å². The van der Waals surface area contributed by atoms with E-state index in [4.69, 9.17) is 11.6 Å². The molecule has 10 heteroatoms. The maximum absolute atomic E-state index is 13.7. The van der Waals surface area contributed by atoms with E-state index in [-0.39, 0.29) is 10.8 Å². The quantitative estimate of drug-likeness (QED) is 0.526. The third kappa shape index (κ3) is 5.85. The van der Waals surface area contributed by atoms with Gasteiger partial charge in [0.2, 0.25) is 5.91 Å². The summed E-state index contributed by atoms with van der Waals surface area (Å²) in [6.45, 7) is 1.30. The lowest BCUT2D eigenvalue weighted by molar-refractivity contribution is -0.133. The first-order valence-corrected chi connectivity index (χ1v) is 13.5. The van der Waals surface area contributed by atoms with Crippen molar-refractivity contribution in [3.8, 4) is 0 Å². The molecule has 0 bridgehead atoms. The molecule has 1 saturated heterocycles. The van der Waals surface area contributed by atoms with Crippen molar-refractivity contribution in [2.75, 3.05) is 37.3 Å². The second-order valence-corrected chi connectivity index (χ2v) is 10.9. The smallest absolute Gasteiger partial charge is 0.252 e. The Kier molecular flexibility index (Phi) is 7.61. The molecular weight excluding hydrogens is 505 g/mol. The van der Waals surface area contributed by atoms with Crippen LogP contribution in [0.1, 0.15) is 22.0 Å². The van der Waals surface area contributed by atoms with E-state index in [1.807, 2.05) is 11.0 Å². The Morgan fingerprint density at radius 1 is 0.944 bits per heavy atom. The van der Waals surface area contributed by atoms with Crippen molar-refractivity contribution < 1.29 is 22.4 Å². The van der Waals surface area contributed by atoms with Crippen molar-refractivity contribution in [2.24, 2.45) is 0 Å². The van der Waals surface area contributed by atoms with Gasteiger partial charge in [0.15, 0.2) is 9.84 Å². The van der Waals surface area contributed by atoms with Crippen molar-refractivity contribution in [3.63, 3.8) is 0 Å². The molecule has 2 amide bonds. The highest BCUT2D eigenvalue weighted by atomic mass is 35.5. The zero-order valence-corrected chi connectivity index (χ0v) is 21.1. The van der Waals surface area contributed by atoms with Gasteiger partial charge in [-0.2, -0.15) is 0 Å².